The summed E-state index contributed by atoms with van der Waals surface area (Å²) >= 11 is 0. The second kappa shape index (κ2) is 6.16. The third-order valence-electron chi connectivity index (χ3n) is 3.16. The van der Waals surface area contributed by atoms with E-state index in [2.05, 4.69) is 5.32 Å². The summed E-state index contributed by atoms with van der Waals surface area (Å²) in [7, 11) is -3.40. The molecule has 3 N–H and O–H groups in total. The van der Waals surface area contributed by atoms with Crippen LogP contribution in [0.25, 0.3) is 0 Å². The third kappa shape index (κ3) is 4.05. The maximum atomic E-state index is 12.8. The number of carbonyl (C=O) groups is 1. The Kier molecular flexibility index (Phi) is 4.57. The molecule has 2 rings (SSSR count). The van der Waals surface area contributed by atoms with Gasteiger partial charge in [0.05, 0.1) is 10.5 Å². The van der Waals surface area contributed by atoms with Crippen molar-refractivity contribution < 1.29 is 26.4 Å². The second-order valence-corrected chi connectivity index (χ2v) is 7.07. The van der Waals surface area contributed by atoms with Crippen LogP contribution in [0.5, 0.6) is 0 Å². The van der Waals surface area contributed by atoms with Crippen molar-refractivity contribution in [3.8, 4) is 0 Å². The molecule has 5 nitrogen and oxygen atoms in total. The highest BCUT2D eigenvalue weighted by atomic mass is 32.2. The highest BCUT2D eigenvalue weighted by Crippen LogP contribution is 2.35. The lowest BCUT2D eigenvalue weighted by molar-refractivity contribution is -0.136. The summed E-state index contributed by atoms with van der Waals surface area (Å²) in [6.07, 6.45) is -3.61. The lowest BCUT2D eigenvalue weighted by atomic mass is 10.1. The van der Waals surface area contributed by atoms with Crippen molar-refractivity contribution in [1.29, 1.82) is 0 Å². The van der Waals surface area contributed by atoms with E-state index in [0.29, 0.717) is 0 Å². The maximum Gasteiger partial charge on any atom is 0.418 e. The topological polar surface area (TPSA) is 89.3 Å². The van der Waals surface area contributed by atoms with E-state index in [1.807, 2.05) is 0 Å². The van der Waals surface area contributed by atoms with E-state index in [9.17, 15) is 26.4 Å². The SMILES string of the molecule is CS(=O)(=O)c1ccc(C(=O)Nc2ccc(N)c(C(F)(F)F)c2)cc1. The van der Waals surface area contributed by atoms with E-state index in [0.717, 1.165) is 18.4 Å². The fraction of sp³-hybridized carbons (Fsp3) is 0.133. The Balaban J connectivity index is 2.24. The Morgan fingerprint density at radius 1 is 1.08 bits per heavy atom. The minimum atomic E-state index is -4.64. The van der Waals surface area contributed by atoms with Crippen molar-refractivity contribution in [2.75, 3.05) is 17.3 Å². The van der Waals surface area contributed by atoms with Crippen LogP contribution >= 0.6 is 0 Å². The van der Waals surface area contributed by atoms with Crippen molar-refractivity contribution in [2.45, 2.75) is 11.1 Å². The average molecular weight is 358 g/mol. The first-order chi connectivity index (χ1) is 11.0. The quantitative estimate of drug-likeness (QED) is 0.826. The molecule has 0 spiro atoms. The molecule has 0 bridgehead atoms. The number of nitrogens with two attached hydrogens (primary N) is 1. The average Bonchev–Trinajstić information content (AvgIpc) is 2.47. The molecule has 0 unspecified atom stereocenters. The van der Waals surface area contributed by atoms with Crippen molar-refractivity contribution in [3.63, 3.8) is 0 Å². The predicted octanol–water partition coefficient (Wildman–Crippen LogP) is 2.94. The third-order valence-corrected chi connectivity index (χ3v) is 4.29. The van der Waals surface area contributed by atoms with Crippen LogP contribution in [-0.2, 0) is 16.0 Å². The van der Waals surface area contributed by atoms with Crippen molar-refractivity contribution in [1.82, 2.24) is 0 Å². The van der Waals surface area contributed by atoms with Crippen LogP contribution in [0.2, 0.25) is 0 Å². The number of carbonyl (C=O) groups excluding carboxylic acids is 1. The van der Waals surface area contributed by atoms with Gasteiger partial charge in [-0.25, -0.2) is 8.42 Å². The molecule has 2 aromatic rings. The van der Waals surface area contributed by atoms with Crippen LogP contribution in [0.4, 0.5) is 24.5 Å². The first-order valence-corrected chi connectivity index (χ1v) is 8.46. The Labute approximate surface area is 136 Å². The molecule has 0 aromatic heterocycles. The molecule has 0 aliphatic heterocycles. The van der Waals surface area contributed by atoms with Gasteiger partial charge in [0.15, 0.2) is 9.84 Å². The number of nitrogen functional groups attached to an aromatic ring is 1. The van der Waals surface area contributed by atoms with Gasteiger partial charge in [-0.05, 0) is 42.5 Å². The monoisotopic (exact) mass is 358 g/mol. The molecule has 0 fully saturated rings. The lowest BCUT2D eigenvalue weighted by Gasteiger charge is -2.12. The van der Waals surface area contributed by atoms with E-state index >= 15 is 0 Å². The summed E-state index contributed by atoms with van der Waals surface area (Å²) in [6.45, 7) is 0. The first kappa shape index (κ1) is 17.8. The molecular weight excluding hydrogens is 345 g/mol. The zero-order valence-corrected chi connectivity index (χ0v) is 13.2. The van der Waals surface area contributed by atoms with Crippen LogP contribution in [0, 0.1) is 0 Å². The number of hydrogen-bond acceptors (Lipinski definition) is 4. The highest BCUT2D eigenvalue weighted by Gasteiger charge is 2.33. The minimum Gasteiger partial charge on any atom is -0.398 e. The standard InChI is InChI=1S/C15H13F3N2O3S/c1-24(22,23)11-5-2-9(3-6-11)14(21)20-10-4-7-13(19)12(8-10)15(16,17)18/h2-8H,19H2,1H3,(H,20,21). The normalized spacial score (nSPS) is 12.0. The number of alkyl halides is 3. The molecular formula is C15H13F3N2O3S. The number of anilines is 2. The zero-order chi connectivity index (χ0) is 18.1. The smallest absolute Gasteiger partial charge is 0.398 e. The molecule has 0 aliphatic carbocycles. The molecule has 0 radical (unpaired) electrons. The first-order valence-electron chi connectivity index (χ1n) is 6.56. The van der Waals surface area contributed by atoms with Gasteiger partial charge in [0.1, 0.15) is 0 Å². The molecule has 0 saturated heterocycles. The van der Waals surface area contributed by atoms with E-state index in [1.54, 1.807) is 0 Å². The summed E-state index contributed by atoms with van der Waals surface area (Å²) in [5, 5.41) is 2.31. The van der Waals surface area contributed by atoms with E-state index < -0.39 is 33.2 Å². The summed E-state index contributed by atoms with van der Waals surface area (Å²) in [5.74, 6) is -0.673. The molecule has 0 heterocycles. The van der Waals surface area contributed by atoms with Crippen LogP contribution < -0.4 is 11.1 Å². The minimum absolute atomic E-state index is 0.0332. The van der Waals surface area contributed by atoms with E-state index in [1.165, 1.54) is 30.3 Å². The van der Waals surface area contributed by atoms with Gasteiger partial charge in [0, 0.05) is 23.2 Å². The van der Waals surface area contributed by atoms with Gasteiger partial charge in [-0.2, -0.15) is 13.2 Å². The van der Waals surface area contributed by atoms with Gasteiger partial charge in [-0.1, -0.05) is 0 Å². The summed E-state index contributed by atoms with van der Waals surface area (Å²) in [6, 6.07) is 8.06. The fourth-order valence-electron chi connectivity index (χ4n) is 1.94. The zero-order valence-electron chi connectivity index (χ0n) is 12.4. The summed E-state index contributed by atoms with van der Waals surface area (Å²) < 4.78 is 61.1. The van der Waals surface area contributed by atoms with Gasteiger partial charge >= 0.3 is 6.18 Å². The maximum absolute atomic E-state index is 12.8. The Morgan fingerprint density at radius 2 is 1.67 bits per heavy atom. The molecule has 9 heteroatoms. The number of amides is 1. The molecule has 0 saturated carbocycles. The molecule has 0 aliphatic rings. The van der Waals surface area contributed by atoms with Gasteiger partial charge in [-0.15, -0.1) is 0 Å². The van der Waals surface area contributed by atoms with Crippen LogP contribution in [0.3, 0.4) is 0 Å². The fourth-order valence-corrected chi connectivity index (χ4v) is 2.57. The van der Waals surface area contributed by atoms with Crippen LogP contribution in [0.15, 0.2) is 47.4 Å². The number of benzene rings is 2. The number of hydrogen-bond donors (Lipinski definition) is 2. The molecule has 24 heavy (non-hydrogen) atoms. The van der Waals surface area contributed by atoms with Crippen molar-refractivity contribution >= 4 is 27.1 Å². The van der Waals surface area contributed by atoms with Crippen LogP contribution in [0.1, 0.15) is 15.9 Å². The lowest BCUT2D eigenvalue weighted by Crippen LogP contribution is -2.14. The summed E-state index contributed by atoms with van der Waals surface area (Å²) in [5.41, 5.74) is 3.82. The van der Waals surface area contributed by atoms with Gasteiger partial charge in [0.25, 0.3) is 5.91 Å². The van der Waals surface area contributed by atoms with Gasteiger partial charge < -0.3 is 11.1 Å². The Morgan fingerprint density at radius 3 is 2.17 bits per heavy atom. The number of rotatable bonds is 3. The molecule has 1 amide bonds. The highest BCUT2D eigenvalue weighted by molar-refractivity contribution is 7.90. The second-order valence-electron chi connectivity index (χ2n) is 5.05. The summed E-state index contributed by atoms with van der Waals surface area (Å²) in [4.78, 5) is 12.1. The van der Waals surface area contributed by atoms with Gasteiger partial charge in [0.2, 0.25) is 0 Å². The Hall–Kier alpha value is -2.55. The molecule has 0 atom stereocenters. The molecule has 128 valence electrons. The van der Waals surface area contributed by atoms with E-state index in [4.69, 9.17) is 5.73 Å². The van der Waals surface area contributed by atoms with Gasteiger partial charge in [-0.3, -0.25) is 4.79 Å². The Bertz CT molecular complexity index is 876. The number of sulfone groups is 1. The van der Waals surface area contributed by atoms with Crippen LogP contribution in [-0.4, -0.2) is 20.6 Å². The van der Waals surface area contributed by atoms with Crippen molar-refractivity contribution in [3.05, 3.63) is 53.6 Å². The predicted molar refractivity (Wildman–Crippen MR) is 83.4 cm³/mol. The largest absolute Gasteiger partial charge is 0.418 e. The van der Waals surface area contributed by atoms with Crippen molar-refractivity contribution in [2.24, 2.45) is 0 Å². The molecule has 2 aromatic carbocycles. The van der Waals surface area contributed by atoms with E-state index in [-0.39, 0.29) is 16.1 Å². The number of halogens is 3. The number of nitrogens with one attached hydrogen (secondary N) is 1.